The maximum atomic E-state index is 12.8. The zero-order valence-electron chi connectivity index (χ0n) is 10.2. The minimum atomic E-state index is -0.207. The molecule has 0 aliphatic heterocycles. The molecule has 0 saturated heterocycles. The third kappa shape index (κ3) is 3.56. The maximum absolute atomic E-state index is 12.8. The van der Waals surface area contributed by atoms with Gasteiger partial charge in [0.2, 0.25) is 0 Å². The van der Waals surface area contributed by atoms with Gasteiger partial charge in [-0.3, -0.25) is 0 Å². The van der Waals surface area contributed by atoms with Crippen LogP contribution in [0.3, 0.4) is 0 Å². The molecule has 0 unspecified atom stereocenters. The molecule has 0 spiro atoms. The van der Waals surface area contributed by atoms with Crippen molar-refractivity contribution in [2.24, 2.45) is 0 Å². The van der Waals surface area contributed by atoms with Crippen LogP contribution in [-0.4, -0.2) is 0 Å². The zero-order valence-corrected chi connectivity index (χ0v) is 10.9. The highest BCUT2D eigenvalue weighted by Gasteiger charge is 2.05. The van der Waals surface area contributed by atoms with Crippen molar-refractivity contribution in [2.45, 2.75) is 19.5 Å². The van der Waals surface area contributed by atoms with Crippen molar-refractivity contribution in [1.29, 1.82) is 0 Å². The smallest absolute Gasteiger partial charge is 0.123 e. The first-order valence-electron chi connectivity index (χ1n) is 5.88. The van der Waals surface area contributed by atoms with Crippen molar-refractivity contribution in [3.05, 3.63) is 70.5 Å². The van der Waals surface area contributed by atoms with Crippen LogP contribution in [0.2, 0.25) is 5.02 Å². The minimum Gasteiger partial charge on any atom is -0.306 e. The van der Waals surface area contributed by atoms with Crippen LogP contribution >= 0.6 is 11.6 Å². The lowest BCUT2D eigenvalue weighted by Crippen LogP contribution is -2.17. The van der Waals surface area contributed by atoms with E-state index < -0.39 is 0 Å². The summed E-state index contributed by atoms with van der Waals surface area (Å²) in [6.07, 6.45) is 0. The Balaban J connectivity index is 1.96. The summed E-state index contributed by atoms with van der Waals surface area (Å²) in [5.41, 5.74) is 2.20. The van der Waals surface area contributed by atoms with E-state index in [2.05, 4.69) is 12.2 Å². The molecule has 0 aliphatic carbocycles. The summed E-state index contributed by atoms with van der Waals surface area (Å²) < 4.78 is 12.8. The molecule has 2 aromatic carbocycles. The number of nitrogens with one attached hydrogen (secondary N) is 1. The second-order valence-electron chi connectivity index (χ2n) is 4.28. The Morgan fingerprint density at radius 1 is 1.17 bits per heavy atom. The Bertz CT molecular complexity index is 510. The number of rotatable bonds is 4. The monoisotopic (exact) mass is 263 g/mol. The zero-order chi connectivity index (χ0) is 13.0. The average molecular weight is 264 g/mol. The molecule has 1 atom stereocenters. The first-order valence-corrected chi connectivity index (χ1v) is 6.26. The van der Waals surface area contributed by atoms with Crippen molar-refractivity contribution >= 4 is 11.6 Å². The molecule has 3 heteroatoms. The van der Waals surface area contributed by atoms with Gasteiger partial charge in [0.05, 0.1) is 0 Å². The average Bonchev–Trinajstić information content (AvgIpc) is 2.38. The van der Waals surface area contributed by atoms with Gasteiger partial charge in [0.1, 0.15) is 5.82 Å². The van der Waals surface area contributed by atoms with Gasteiger partial charge in [-0.2, -0.15) is 0 Å². The highest BCUT2D eigenvalue weighted by atomic mass is 35.5. The van der Waals surface area contributed by atoms with E-state index in [1.807, 2.05) is 24.3 Å². The van der Waals surface area contributed by atoms with E-state index in [-0.39, 0.29) is 11.9 Å². The fraction of sp³-hybridized carbons (Fsp3) is 0.200. The van der Waals surface area contributed by atoms with Gasteiger partial charge >= 0.3 is 0 Å². The van der Waals surface area contributed by atoms with Crippen LogP contribution in [-0.2, 0) is 6.54 Å². The van der Waals surface area contributed by atoms with Crippen LogP contribution in [0.15, 0.2) is 48.5 Å². The molecule has 0 saturated carbocycles. The van der Waals surface area contributed by atoms with E-state index in [9.17, 15) is 4.39 Å². The van der Waals surface area contributed by atoms with Gasteiger partial charge in [0.15, 0.2) is 0 Å². The first kappa shape index (κ1) is 13.1. The molecule has 94 valence electrons. The third-order valence-corrected chi connectivity index (χ3v) is 3.11. The van der Waals surface area contributed by atoms with Crippen LogP contribution in [0, 0.1) is 5.82 Å². The lowest BCUT2D eigenvalue weighted by molar-refractivity contribution is 0.573. The molecule has 0 bridgehead atoms. The van der Waals surface area contributed by atoms with E-state index in [0.717, 1.165) is 16.1 Å². The Labute approximate surface area is 112 Å². The fourth-order valence-electron chi connectivity index (χ4n) is 1.77. The van der Waals surface area contributed by atoms with Gasteiger partial charge in [-0.05, 0) is 42.3 Å². The summed E-state index contributed by atoms with van der Waals surface area (Å²) in [5, 5.41) is 4.12. The normalized spacial score (nSPS) is 12.4. The second-order valence-corrected chi connectivity index (χ2v) is 4.72. The molecule has 18 heavy (non-hydrogen) atoms. The van der Waals surface area contributed by atoms with Crippen LogP contribution in [0.4, 0.5) is 4.39 Å². The molecule has 0 fully saturated rings. The van der Waals surface area contributed by atoms with Crippen LogP contribution in [0.5, 0.6) is 0 Å². The topological polar surface area (TPSA) is 12.0 Å². The van der Waals surface area contributed by atoms with Gasteiger partial charge in [0, 0.05) is 17.6 Å². The minimum absolute atomic E-state index is 0.203. The highest BCUT2D eigenvalue weighted by molar-refractivity contribution is 6.30. The lowest BCUT2D eigenvalue weighted by Gasteiger charge is -2.14. The SMILES string of the molecule is C[C@@H](NCc1ccc(F)cc1)c1cccc(Cl)c1. The van der Waals surface area contributed by atoms with Crippen molar-refractivity contribution in [1.82, 2.24) is 5.32 Å². The molecule has 2 rings (SSSR count). The van der Waals surface area contributed by atoms with Gasteiger partial charge < -0.3 is 5.32 Å². The summed E-state index contributed by atoms with van der Waals surface area (Å²) in [7, 11) is 0. The molecule has 1 N–H and O–H groups in total. The van der Waals surface area contributed by atoms with E-state index >= 15 is 0 Å². The van der Waals surface area contributed by atoms with E-state index in [4.69, 9.17) is 11.6 Å². The van der Waals surface area contributed by atoms with Crippen molar-refractivity contribution in [3.63, 3.8) is 0 Å². The highest BCUT2D eigenvalue weighted by Crippen LogP contribution is 2.17. The molecular formula is C15H15ClFN. The fourth-order valence-corrected chi connectivity index (χ4v) is 1.97. The molecule has 2 aromatic rings. The van der Waals surface area contributed by atoms with Crippen molar-refractivity contribution in [2.75, 3.05) is 0 Å². The number of benzene rings is 2. The Morgan fingerprint density at radius 3 is 2.56 bits per heavy atom. The first-order chi connectivity index (χ1) is 8.65. The molecule has 1 nitrogen and oxygen atoms in total. The Hall–Kier alpha value is -1.38. The van der Waals surface area contributed by atoms with Gasteiger partial charge in [0.25, 0.3) is 0 Å². The van der Waals surface area contributed by atoms with E-state index in [1.54, 1.807) is 12.1 Å². The third-order valence-electron chi connectivity index (χ3n) is 2.87. The summed E-state index contributed by atoms with van der Waals surface area (Å²) in [6, 6.07) is 14.5. The van der Waals surface area contributed by atoms with Gasteiger partial charge in [-0.25, -0.2) is 4.39 Å². The predicted molar refractivity (Wildman–Crippen MR) is 73.1 cm³/mol. The van der Waals surface area contributed by atoms with Crippen molar-refractivity contribution in [3.8, 4) is 0 Å². The molecule has 0 aromatic heterocycles. The summed E-state index contributed by atoms with van der Waals surface area (Å²) in [4.78, 5) is 0. The molecular weight excluding hydrogens is 249 g/mol. The number of halogens is 2. The van der Waals surface area contributed by atoms with Gasteiger partial charge in [-0.1, -0.05) is 35.9 Å². The van der Waals surface area contributed by atoms with Crippen LogP contribution in [0.25, 0.3) is 0 Å². The van der Waals surface area contributed by atoms with Crippen LogP contribution < -0.4 is 5.32 Å². The maximum Gasteiger partial charge on any atom is 0.123 e. The summed E-state index contributed by atoms with van der Waals surface area (Å²) in [5.74, 6) is -0.207. The summed E-state index contributed by atoms with van der Waals surface area (Å²) >= 11 is 5.95. The Kier molecular flexibility index (Phi) is 4.34. The van der Waals surface area contributed by atoms with E-state index in [0.29, 0.717) is 6.54 Å². The predicted octanol–water partition coefficient (Wildman–Crippen LogP) is 4.33. The van der Waals surface area contributed by atoms with Gasteiger partial charge in [-0.15, -0.1) is 0 Å². The Morgan fingerprint density at radius 2 is 1.89 bits per heavy atom. The van der Waals surface area contributed by atoms with Crippen LogP contribution in [0.1, 0.15) is 24.1 Å². The molecule has 0 amide bonds. The van der Waals surface area contributed by atoms with E-state index in [1.165, 1.54) is 12.1 Å². The number of hydrogen-bond donors (Lipinski definition) is 1. The largest absolute Gasteiger partial charge is 0.306 e. The standard InChI is InChI=1S/C15H15ClFN/c1-11(13-3-2-4-14(16)9-13)18-10-12-5-7-15(17)8-6-12/h2-9,11,18H,10H2,1H3/t11-/m1/s1. The van der Waals surface area contributed by atoms with Crippen molar-refractivity contribution < 1.29 is 4.39 Å². The number of hydrogen-bond acceptors (Lipinski definition) is 1. The lowest BCUT2D eigenvalue weighted by atomic mass is 10.1. The molecule has 0 aliphatic rings. The second kappa shape index (κ2) is 5.98. The summed E-state index contributed by atoms with van der Waals surface area (Å²) in [6.45, 7) is 2.78. The molecule has 0 heterocycles. The molecule has 0 radical (unpaired) electrons. The quantitative estimate of drug-likeness (QED) is 0.866.